The summed E-state index contributed by atoms with van der Waals surface area (Å²) in [6, 6.07) is 21.2. The Kier molecular flexibility index (Phi) is 32.0. The van der Waals surface area contributed by atoms with Gasteiger partial charge in [0, 0.05) is 39.3 Å². The van der Waals surface area contributed by atoms with E-state index in [9.17, 15) is 0 Å². The van der Waals surface area contributed by atoms with E-state index >= 15 is 0 Å². The molecule has 0 saturated carbocycles. The molecular weight excluding hydrogens is 510 g/mol. The number of hydrogen-bond donors (Lipinski definition) is 4. The van der Waals surface area contributed by atoms with Crippen molar-refractivity contribution in [1.82, 2.24) is 21.3 Å². The first-order valence-electron chi connectivity index (χ1n) is 11.9. The summed E-state index contributed by atoms with van der Waals surface area (Å²) in [6.07, 6.45) is 8.02. The van der Waals surface area contributed by atoms with Crippen LogP contribution >= 0.6 is 49.6 Å². The Labute approximate surface area is 232 Å². The Balaban J connectivity index is -0.00000240. The van der Waals surface area contributed by atoms with Crippen molar-refractivity contribution in [3.8, 4) is 0 Å². The number of halogens is 4. The molecule has 0 unspecified atom stereocenters. The van der Waals surface area contributed by atoms with Crippen molar-refractivity contribution in [1.29, 1.82) is 0 Å². The first-order chi connectivity index (χ1) is 14.9. The zero-order valence-electron chi connectivity index (χ0n) is 20.3. The molecule has 0 aliphatic heterocycles. The van der Waals surface area contributed by atoms with Gasteiger partial charge in [0.15, 0.2) is 0 Å². The van der Waals surface area contributed by atoms with E-state index in [0.717, 1.165) is 52.4 Å². The lowest BCUT2D eigenvalue weighted by Gasteiger charge is -2.08. The second-order valence-corrected chi connectivity index (χ2v) is 7.95. The van der Waals surface area contributed by atoms with Gasteiger partial charge in [0.1, 0.15) is 0 Å². The Hall–Kier alpha value is -0.560. The molecule has 2 aromatic rings. The fourth-order valence-corrected chi connectivity index (χ4v) is 3.47. The van der Waals surface area contributed by atoms with Crippen LogP contribution in [-0.2, 0) is 13.1 Å². The molecule has 2 aromatic carbocycles. The summed E-state index contributed by atoms with van der Waals surface area (Å²) in [5.41, 5.74) is 2.71. The highest BCUT2D eigenvalue weighted by Gasteiger charge is 1.94. The molecule has 0 radical (unpaired) electrons. The van der Waals surface area contributed by atoms with Crippen LogP contribution in [0.5, 0.6) is 0 Å². The van der Waals surface area contributed by atoms with E-state index in [-0.39, 0.29) is 49.6 Å². The first kappa shape index (κ1) is 38.0. The SMILES string of the molecule is Cl.Cl.Cl.Cl.c1ccc(CNCCNCCCCCCCCNCCNCc2ccccc2)cc1. The highest BCUT2D eigenvalue weighted by Crippen LogP contribution is 2.04. The van der Waals surface area contributed by atoms with Gasteiger partial charge in [0.2, 0.25) is 0 Å². The normalized spacial score (nSPS) is 9.76. The van der Waals surface area contributed by atoms with Crippen LogP contribution in [0.1, 0.15) is 49.7 Å². The molecule has 0 atom stereocenters. The van der Waals surface area contributed by atoms with Gasteiger partial charge in [-0.1, -0.05) is 86.3 Å². The minimum atomic E-state index is 0. The Morgan fingerprint density at radius 2 is 0.676 bits per heavy atom. The fourth-order valence-electron chi connectivity index (χ4n) is 3.47. The van der Waals surface area contributed by atoms with Crippen LogP contribution in [0.4, 0.5) is 0 Å². The average Bonchev–Trinajstić information content (AvgIpc) is 2.79. The molecule has 0 heterocycles. The zero-order chi connectivity index (χ0) is 21.0. The molecule has 0 bridgehead atoms. The lowest BCUT2D eigenvalue weighted by molar-refractivity contribution is 0.538. The van der Waals surface area contributed by atoms with Gasteiger partial charge in [-0.05, 0) is 37.1 Å². The van der Waals surface area contributed by atoms with Gasteiger partial charge < -0.3 is 21.3 Å². The summed E-state index contributed by atoms with van der Waals surface area (Å²) in [6.45, 7) is 8.38. The van der Waals surface area contributed by atoms with E-state index in [1.807, 2.05) is 0 Å². The lowest BCUT2D eigenvalue weighted by atomic mass is 10.1. The number of unbranched alkanes of at least 4 members (excludes halogenated alkanes) is 5. The minimum Gasteiger partial charge on any atom is -0.315 e. The highest BCUT2D eigenvalue weighted by atomic mass is 35.5. The predicted octanol–water partition coefficient (Wildman–Crippen LogP) is 5.77. The monoisotopic (exact) mass is 554 g/mol. The van der Waals surface area contributed by atoms with Gasteiger partial charge in [0.05, 0.1) is 0 Å². The van der Waals surface area contributed by atoms with Gasteiger partial charge in [-0.2, -0.15) is 0 Å². The second-order valence-electron chi connectivity index (χ2n) is 7.95. The third-order valence-electron chi connectivity index (χ3n) is 5.26. The van der Waals surface area contributed by atoms with Crippen LogP contribution in [0.3, 0.4) is 0 Å². The lowest BCUT2D eigenvalue weighted by Crippen LogP contribution is -2.27. The van der Waals surface area contributed by atoms with Crippen LogP contribution in [0, 0.1) is 0 Å². The summed E-state index contributed by atoms with van der Waals surface area (Å²) in [4.78, 5) is 0. The Bertz CT molecular complexity index is 565. The van der Waals surface area contributed by atoms with Crippen molar-refractivity contribution >= 4 is 49.6 Å². The Morgan fingerprint density at radius 1 is 0.353 bits per heavy atom. The summed E-state index contributed by atoms with van der Waals surface area (Å²) in [5.74, 6) is 0. The molecule has 4 N–H and O–H groups in total. The molecule has 8 heteroatoms. The molecule has 0 saturated heterocycles. The topological polar surface area (TPSA) is 48.1 Å². The molecule has 0 aliphatic carbocycles. The average molecular weight is 556 g/mol. The summed E-state index contributed by atoms with van der Waals surface area (Å²) in [7, 11) is 0. The number of benzene rings is 2. The van der Waals surface area contributed by atoms with Crippen molar-refractivity contribution in [2.24, 2.45) is 0 Å². The highest BCUT2D eigenvalue weighted by molar-refractivity contribution is 5.86. The molecule has 0 fully saturated rings. The van der Waals surface area contributed by atoms with Gasteiger partial charge in [-0.3, -0.25) is 0 Å². The van der Waals surface area contributed by atoms with Gasteiger partial charge >= 0.3 is 0 Å². The molecule has 0 aromatic heterocycles. The van der Waals surface area contributed by atoms with E-state index in [2.05, 4.69) is 81.9 Å². The molecule has 0 spiro atoms. The largest absolute Gasteiger partial charge is 0.315 e. The number of rotatable bonds is 19. The second kappa shape index (κ2) is 28.7. The molecular formula is C26H46Cl4N4. The molecule has 2 rings (SSSR count). The number of hydrogen-bond acceptors (Lipinski definition) is 4. The maximum atomic E-state index is 3.54. The molecule has 0 aliphatic rings. The quantitative estimate of drug-likeness (QED) is 0.166. The standard InChI is InChI=1S/C26H42N4.4ClH/c1(3-11-17-27-19-21-29-23-25-13-7-5-8-14-25)2-4-12-18-28-20-22-30-24-26-15-9-6-10-16-26;;;;/h5-10,13-16,27-30H,1-4,11-12,17-24H2;4*1H. The van der Waals surface area contributed by atoms with Crippen LogP contribution in [0.25, 0.3) is 0 Å². The van der Waals surface area contributed by atoms with Gasteiger partial charge in [0.25, 0.3) is 0 Å². The maximum absolute atomic E-state index is 3.54. The summed E-state index contributed by atoms with van der Waals surface area (Å²) >= 11 is 0. The van der Waals surface area contributed by atoms with E-state index in [0.29, 0.717) is 0 Å². The van der Waals surface area contributed by atoms with Gasteiger partial charge in [-0.25, -0.2) is 0 Å². The third-order valence-corrected chi connectivity index (χ3v) is 5.26. The van der Waals surface area contributed by atoms with E-state index in [4.69, 9.17) is 0 Å². The molecule has 4 nitrogen and oxygen atoms in total. The predicted molar refractivity (Wildman–Crippen MR) is 159 cm³/mol. The van der Waals surface area contributed by atoms with Crippen LogP contribution in [-0.4, -0.2) is 39.3 Å². The summed E-state index contributed by atoms with van der Waals surface area (Å²) in [5, 5.41) is 14.0. The maximum Gasteiger partial charge on any atom is 0.0206 e. The van der Waals surface area contributed by atoms with Crippen molar-refractivity contribution in [2.75, 3.05) is 39.3 Å². The van der Waals surface area contributed by atoms with Crippen molar-refractivity contribution in [3.05, 3.63) is 71.8 Å². The van der Waals surface area contributed by atoms with Crippen molar-refractivity contribution in [3.63, 3.8) is 0 Å². The third kappa shape index (κ3) is 21.9. The van der Waals surface area contributed by atoms with Crippen LogP contribution in [0.2, 0.25) is 0 Å². The first-order valence-corrected chi connectivity index (χ1v) is 11.9. The molecule has 34 heavy (non-hydrogen) atoms. The van der Waals surface area contributed by atoms with E-state index in [1.54, 1.807) is 0 Å². The van der Waals surface area contributed by atoms with E-state index in [1.165, 1.54) is 49.7 Å². The Morgan fingerprint density at radius 3 is 1.06 bits per heavy atom. The zero-order valence-corrected chi connectivity index (χ0v) is 23.6. The van der Waals surface area contributed by atoms with Gasteiger partial charge in [-0.15, -0.1) is 49.6 Å². The summed E-state index contributed by atoms with van der Waals surface area (Å²) < 4.78 is 0. The smallest absolute Gasteiger partial charge is 0.0206 e. The molecule has 198 valence electrons. The number of nitrogens with one attached hydrogen (secondary N) is 4. The van der Waals surface area contributed by atoms with E-state index < -0.39 is 0 Å². The fraction of sp³-hybridized carbons (Fsp3) is 0.538. The molecule has 0 amide bonds. The van der Waals surface area contributed by atoms with Crippen molar-refractivity contribution < 1.29 is 0 Å². The minimum absolute atomic E-state index is 0. The van der Waals surface area contributed by atoms with Crippen molar-refractivity contribution in [2.45, 2.75) is 51.6 Å². The van der Waals surface area contributed by atoms with Crippen LogP contribution < -0.4 is 21.3 Å². The van der Waals surface area contributed by atoms with Crippen LogP contribution in [0.15, 0.2) is 60.7 Å².